The maximum atomic E-state index is 2.32. The van der Waals surface area contributed by atoms with E-state index in [0.717, 1.165) is 0 Å². The van der Waals surface area contributed by atoms with Crippen LogP contribution in [0.5, 0.6) is 0 Å². The number of fused-ring (bicyclic) bond motifs is 2. The zero-order valence-corrected chi connectivity index (χ0v) is 25.7. The van der Waals surface area contributed by atoms with Crippen LogP contribution in [0.3, 0.4) is 0 Å². The monoisotopic (exact) mass is 590 g/mol. The van der Waals surface area contributed by atoms with Crippen molar-refractivity contribution < 1.29 is 0 Å². The Morgan fingerprint density at radius 2 is 0.511 bits per heavy atom. The number of benzene rings is 8. The van der Waals surface area contributed by atoms with E-state index in [2.05, 4.69) is 188 Å². The zero-order chi connectivity index (χ0) is 30.0. The molecule has 8 aromatic rings. The lowest BCUT2D eigenvalue weighted by Gasteiger charge is -2.19. The standard InChI is InChI=1S/C44H31P/c1-4-14-34(15-5-1)43-39-20-10-12-22-41(39)44(42-23-13-11-21-40(42)43)35-26-24-32(25-27-35)33-28-30-38(31-29-33)45(36-16-6-2-7-17-36)37-18-8-3-9-19-37/h1-31H. The Bertz CT molecular complexity index is 2120. The van der Waals surface area contributed by atoms with Gasteiger partial charge in [-0.3, -0.25) is 0 Å². The molecule has 0 heterocycles. The van der Waals surface area contributed by atoms with E-state index in [1.807, 2.05) is 0 Å². The highest BCUT2D eigenvalue weighted by molar-refractivity contribution is 7.79. The van der Waals surface area contributed by atoms with Crippen LogP contribution in [-0.4, -0.2) is 0 Å². The van der Waals surface area contributed by atoms with Gasteiger partial charge in [-0.2, -0.15) is 0 Å². The lowest BCUT2D eigenvalue weighted by Crippen LogP contribution is -2.20. The van der Waals surface area contributed by atoms with E-state index in [9.17, 15) is 0 Å². The summed E-state index contributed by atoms with van der Waals surface area (Å²) in [5.74, 6) is 0. The zero-order valence-electron chi connectivity index (χ0n) is 24.8. The average molecular weight is 591 g/mol. The Balaban J connectivity index is 1.19. The predicted molar refractivity (Wildman–Crippen MR) is 196 cm³/mol. The van der Waals surface area contributed by atoms with Gasteiger partial charge in [0.25, 0.3) is 0 Å². The summed E-state index contributed by atoms with van der Waals surface area (Å²) in [6.07, 6.45) is 0. The van der Waals surface area contributed by atoms with E-state index in [1.54, 1.807) is 0 Å². The summed E-state index contributed by atoms with van der Waals surface area (Å²) >= 11 is 0. The molecule has 8 rings (SSSR count). The smallest absolute Gasteiger partial charge is 0.00264 e. The van der Waals surface area contributed by atoms with Gasteiger partial charge < -0.3 is 0 Å². The molecule has 0 atom stereocenters. The van der Waals surface area contributed by atoms with E-state index in [0.29, 0.717) is 0 Å². The number of hydrogen-bond donors (Lipinski definition) is 0. The van der Waals surface area contributed by atoms with Gasteiger partial charge in [0, 0.05) is 0 Å². The molecule has 0 saturated heterocycles. The minimum absolute atomic E-state index is 0.617. The number of hydrogen-bond acceptors (Lipinski definition) is 0. The van der Waals surface area contributed by atoms with Crippen molar-refractivity contribution in [3.63, 3.8) is 0 Å². The van der Waals surface area contributed by atoms with Crippen molar-refractivity contribution in [1.82, 2.24) is 0 Å². The van der Waals surface area contributed by atoms with Crippen LogP contribution in [0.15, 0.2) is 188 Å². The molecule has 0 bridgehead atoms. The molecule has 1 heteroatoms. The van der Waals surface area contributed by atoms with Gasteiger partial charge in [-0.05, 0) is 78.8 Å². The van der Waals surface area contributed by atoms with Crippen LogP contribution in [0.25, 0.3) is 54.9 Å². The second-order valence-electron chi connectivity index (χ2n) is 11.3. The second kappa shape index (κ2) is 12.0. The Morgan fingerprint density at radius 3 is 0.933 bits per heavy atom. The van der Waals surface area contributed by atoms with Crippen molar-refractivity contribution in [1.29, 1.82) is 0 Å². The first-order valence-corrected chi connectivity index (χ1v) is 16.8. The first-order chi connectivity index (χ1) is 22.3. The third-order valence-corrected chi connectivity index (χ3v) is 11.1. The van der Waals surface area contributed by atoms with Gasteiger partial charge in [-0.25, -0.2) is 0 Å². The van der Waals surface area contributed by atoms with Gasteiger partial charge >= 0.3 is 0 Å². The Labute approximate surface area is 266 Å². The van der Waals surface area contributed by atoms with Crippen LogP contribution in [0, 0.1) is 0 Å². The Kier molecular flexibility index (Phi) is 7.28. The summed E-state index contributed by atoms with van der Waals surface area (Å²) in [5.41, 5.74) is 7.53. The molecular weight excluding hydrogens is 559 g/mol. The van der Waals surface area contributed by atoms with E-state index in [1.165, 1.54) is 70.8 Å². The lowest BCUT2D eigenvalue weighted by molar-refractivity contribution is 1.62. The van der Waals surface area contributed by atoms with Crippen LogP contribution in [0.1, 0.15) is 0 Å². The predicted octanol–water partition coefficient (Wildman–Crippen LogP) is 10.8. The maximum absolute atomic E-state index is 2.32. The first-order valence-electron chi connectivity index (χ1n) is 15.5. The summed E-state index contributed by atoms with van der Waals surface area (Å²) in [7, 11) is -0.617. The highest BCUT2D eigenvalue weighted by Crippen LogP contribution is 2.43. The molecule has 45 heavy (non-hydrogen) atoms. The van der Waals surface area contributed by atoms with Crippen molar-refractivity contribution in [3.8, 4) is 33.4 Å². The van der Waals surface area contributed by atoms with Crippen LogP contribution < -0.4 is 15.9 Å². The van der Waals surface area contributed by atoms with Gasteiger partial charge in [0.2, 0.25) is 0 Å². The summed E-state index contributed by atoms with van der Waals surface area (Å²) in [5, 5.41) is 9.22. The highest BCUT2D eigenvalue weighted by Gasteiger charge is 2.18. The molecule has 0 aliphatic heterocycles. The Hall–Kier alpha value is -5.29. The number of rotatable bonds is 6. The maximum Gasteiger partial charge on any atom is -0.00264 e. The van der Waals surface area contributed by atoms with Gasteiger partial charge in [0.1, 0.15) is 0 Å². The molecular formula is C44H31P. The van der Waals surface area contributed by atoms with Crippen molar-refractivity contribution in [2.24, 2.45) is 0 Å². The molecule has 8 aromatic carbocycles. The van der Waals surface area contributed by atoms with Gasteiger partial charge in [-0.1, -0.05) is 188 Å². The molecule has 0 radical (unpaired) electrons. The minimum Gasteiger partial charge on any atom is -0.0622 e. The fraction of sp³-hybridized carbons (Fsp3) is 0. The third-order valence-electron chi connectivity index (χ3n) is 8.66. The molecule has 0 unspecified atom stereocenters. The molecule has 0 N–H and O–H groups in total. The molecule has 0 fully saturated rings. The lowest BCUT2D eigenvalue weighted by atomic mass is 9.86. The van der Waals surface area contributed by atoms with Gasteiger partial charge in [0.15, 0.2) is 0 Å². The molecule has 0 aliphatic rings. The van der Waals surface area contributed by atoms with E-state index < -0.39 is 7.92 Å². The Morgan fingerprint density at radius 1 is 0.222 bits per heavy atom. The molecule has 212 valence electrons. The van der Waals surface area contributed by atoms with Crippen molar-refractivity contribution in [2.45, 2.75) is 0 Å². The SMILES string of the molecule is c1ccc(-c2c3ccccc3c(-c3ccc(-c4ccc(P(c5ccccc5)c5ccccc5)cc4)cc3)c3ccccc23)cc1. The molecule has 0 nitrogen and oxygen atoms in total. The van der Waals surface area contributed by atoms with Crippen LogP contribution in [-0.2, 0) is 0 Å². The van der Waals surface area contributed by atoms with E-state index in [4.69, 9.17) is 0 Å². The van der Waals surface area contributed by atoms with Crippen molar-refractivity contribution >= 4 is 45.4 Å². The van der Waals surface area contributed by atoms with Crippen LogP contribution >= 0.6 is 7.92 Å². The summed E-state index contributed by atoms with van der Waals surface area (Å²) in [6, 6.07) is 68.6. The van der Waals surface area contributed by atoms with Gasteiger partial charge in [0.05, 0.1) is 0 Å². The summed E-state index contributed by atoms with van der Waals surface area (Å²) < 4.78 is 0. The summed E-state index contributed by atoms with van der Waals surface area (Å²) in [6.45, 7) is 0. The topological polar surface area (TPSA) is 0 Å². The van der Waals surface area contributed by atoms with Gasteiger partial charge in [-0.15, -0.1) is 0 Å². The van der Waals surface area contributed by atoms with E-state index in [-0.39, 0.29) is 0 Å². The first kappa shape index (κ1) is 27.3. The minimum atomic E-state index is -0.617. The van der Waals surface area contributed by atoms with Crippen LogP contribution in [0.2, 0.25) is 0 Å². The molecule has 0 saturated carbocycles. The summed E-state index contributed by atoms with van der Waals surface area (Å²) in [4.78, 5) is 0. The second-order valence-corrected chi connectivity index (χ2v) is 13.6. The molecule has 0 aromatic heterocycles. The van der Waals surface area contributed by atoms with E-state index >= 15 is 0 Å². The average Bonchev–Trinajstić information content (AvgIpc) is 3.12. The fourth-order valence-electron chi connectivity index (χ4n) is 6.59. The van der Waals surface area contributed by atoms with Crippen LogP contribution in [0.4, 0.5) is 0 Å². The largest absolute Gasteiger partial charge is 0.0622 e. The molecule has 0 spiro atoms. The van der Waals surface area contributed by atoms with Crippen molar-refractivity contribution in [2.75, 3.05) is 0 Å². The quantitative estimate of drug-likeness (QED) is 0.133. The normalized spacial score (nSPS) is 11.3. The third kappa shape index (κ3) is 5.14. The molecule has 0 aliphatic carbocycles. The molecule has 0 amide bonds. The van der Waals surface area contributed by atoms with Crippen molar-refractivity contribution in [3.05, 3.63) is 188 Å². The fourth-order valence-corrected chi connectivity index (χ4v) is 8.87. The highest BCUT2D eigenvalue weighted by atomic mass is 31.1.